The van der Waals surface area contributed by atoms with E-state index in [0.29, 0.717) is 12.0 Å². The molecule has 3 rings (SSSR count). The van der Waals surface area contributed by atoms with E-state index in [9.17, 15) is 0 Å². The summed E-state index contributed by atoms with van der Waals surface area (Å²) >= 11 is 0. The Kier molecular flexibility index (Phi) is 2.47. The number of ether oxygens (including phenoxy) is 1. The predicted octanol–water partition coefficient (Wildman–Crippen LogP) is 2.22. The number of rotatable bonds is 2. The first-order valence-corrected chi connectivity index (χ1v) is 5.84. The second-order valence-corrected chi connectivity index (χ2v) is 4.55. The van der Waals surface area contributed by atoms with Gasteiger partial charge in [0.1, 0.15) is 0 Å². The summed E-state index contributed by atoms with van der Waals surface area (Å²) in [4.78, 5) is 0. The molecule has 0 amide bonds. The van der Waals surface area contributed by atoms with Gasteiger partial charge in [-0.05, 0) is 30.5 Å². The quantitative estimate of drug-likeness (QED) is 0.795. The molecule has 2 heterocycles. The van der Waals surface area contributed by atoms with Crippen LogP contribution in [0.4, 0.5) is 0 Å². The van der Waals surface area contributed by atoms with Gasteiger partial charge in [-0.15, -0.1) is 0 Å². The highest BCUT2D eigenvalue weighted by Gasteiger charge is 2.21. The van der Waals surface area contributed by atoms with Gasteiger partial charge in [-0.1, -0.05) is 24.3 Å². The third-order valence-corrected chi connectivity index (χ3v) is 3.51. The van der Waals surface area contributed by atoms with Crippen LogP contribution >= 0.6 is 0 Å². The zero-order chi connectivity index (χ0) is 10.1. The third-order valence-electron chi connectivity index (χ3n) is 3.51. The molecule has 15 heavy (non-hydrogen) atoms. The van der Waals surface area contributed by atoms with Crippen molar-refractivity contribution in [2.24, 2.45) is 0 Å². The summed E-state index contributed by atoms with van der Waals surface area (Å²) in [5.41, 5.74) is 2.87. The molecule has 2 nitrogen and oxygen atoms in total. The molecule has 1 atom stereocenters. The van der Waals surface area contributed by atoms with Crippen LogP contribution in [0.5, 0.6) is 0 Å². The Hall–Kier alpha value is -0.860. The molecule has 1 aromatic carbocycles. The lowest BCUT2D eigenvalue weighted by molar-refractivity contribution is 0.00841. The lowest BCUT2D eigenvalue weighted by Gasteiger charge is -2.26. The Morgan fingerprint density at radius 2 is 1.80 bits per heavy atom. The molecule has 1 N–H and O–H groups in total. The average Bonchev–Trinajstić information content (AvgIpc) is 2.69. The van der Waals surface area contributed by atoms with Crippen molar-refractivity contribution in [2.45, 2.75) is 24.8 Å². The molecule has 80 valence electrons. The Balaban J connectivity index is 1.74. The molecule has 2 fully saturated rings. The van der Waals surface area contributed by atoms with Gasteiger partial charge in [0.05, 0.1) is 13.2 Å². The Labute approximate surface area is 90.6 Å². The van der Waals surface area contributed by atoms with Gasteiger partial charge in [-0.25, -0.2) is 0 Å². The standard InChI is InChI=1S/C13H17NO/c1-2-13(14-7-1)11-5-3-10(4-6-11)12-8-15-9-12/h3-6,12-14H,1-2,7-9H2. The fourth-order valence-electron chi connectivity index (χ4n) is 2.40. The molecular formula is C13H17NO. The molecule has 0 aliphatic carbocycles. The van der Waals surface area contributed by atoms with Crippen molar-refractivity contribution >= 4 is 0 Å². The van der Waals surface area contributed by atoms with Crippen LogP contribution in [-0.2, 0) is 4.74 Å². The van der Waals surface area contributed by atoms with E-state index >= 15 is 0 Å². The van der Waals surface area contributed by atoms with Crippen molar-refractivity contribution in [3.63, 3.8) is 0 Å². The molecule has 2 aliphatic rings. The summed E-state index contributed by atoms with van der Waals surface area (Å²) in [5, 5.41) is 3.52. The number of nitrogens with one attached hydrogen (secondary N) is 1. The summed E-state index contributed by atoms with van der Waals surface area (Å²) in [6.45, 7) is 2.98. The SMILES string of the molecule is c1cc(C2CCCN2)ccc1C1COC1. The Morgan fingerprint density at radius 1 is 1.07 bits per heavy atom. The van der Waals surface area contributed by atoms with Crippen molar-refractivity contribution in [1.82, 2.24) is 5.32 Å². The minimum Gasteiger partial charge on any atom is -0.380 e. The highest BCUT2D eigenvalue weighted by molar-refractivity contribution is 5.28. The first-order chi connectivity index (χ1) is 7.43. The molecule has 2 aliphatic heterocycles. The topological polar surface area (TPSA) is 21.3 Å². The van der Waals surface area contributed by atoms with Gasteiger partial charge in [0.15, 0.2) is 0 Å². The summed E-state index contributed by atoms with van der Waals surface area (Å²) < 4.78 is 5.21. The molecule has 1 aromatic rings. The zero-order valence-electron chi connectivity index (χ0n) is 8.91. The van der Waals surface area contributed by atoms with E-state index < -0.39 is 0 Å². The van der Waals surface area contributed by atoms with Crippen LogP contribution in [0.25, 0.3) is 0 Å². The van der Waals surface area contributed by atoms with Gasteiger partial charge in [-0.3, -0.25) is 0 Å². The van der Waals surface area contributed by atoms with Crippen LogP contribution in [0.1, 0.15) is 35.9 Å². The van der Waals surface area contributed by atoms with Crippen molar-refractivity contribution in [3.05, 3.63) is 35.4 Å². The zero-order valence-corrected chi connectivity index (χ0v) is 8.91. The van der Waals surface area contributed by atoms with E-state index in [1.165, 1.54) is 30.5 Å². The van der Waals surface area contributed by atoms with Crippen LogP contribution < -0.4 is 5.32 Å². The highest BCUT2D eigenvalue weighted by atomic mass is 16.5. The van der Waals surface area contributed by atoms with Crippen LogP contribution in [-0.4, -0.2) is 19.8 Å². The summed E-state index contributed by atoms with van der Waals surface area (Å²) in [6.07, 6.45) is 2.59. The molecule has 0 aromatic heterocycles. The first-order valence-electron chi connectivity index (χ1n) is 5.84. The number of hydrogen-bond acceptors (Lipinski definition) is 2. The first kappa shape index (κ1) is 9.37. The lowest BCUT2D eigenvalue weighted by Crippen LogP contribution is -2.25. The Bertz CT molecular complexity index is 323. The van der Waals surface area contributed by atoms with Gasteiger partial charge in [0.25, 0.3) is 0 Å². The molecule has 0 radical (unpaired) electrons. The molecule has 2 saturated heterocycles. The maximum absolute atomic E-state index is 5.21. The molecule has 2 heteroatoms. The van der Waals surface area contributed by atoms with Gasteiger partial charge in [0.2, 0.25) is 0 Å². The van der Waals surface area contributed by atoms with E-state index in [1.807, 2.05) is 0 Å². The molecule has 0 spiro atoms. The van der Waals surface area contributed by atoms with E-state index in [2.05, 4.69) is 29.6 Å². The minimum atomic E-state index is 0.594. The molecule has 0 saturated carbocycles. The largest absolute Gasteiger partial charge is 0.380 e. The van der Waals surface area contributed by atoms with Crippen molar-refractivity contribution in [3.8, 4) is 0 Å². The van der Waals surface area contributed by atoms with Crippen LogP contribution in [0.15, 0.2) is 24.3 Å². The van der Waals surface area contributed by atoms with Gasteiger partial charge in [0, 0.05) is 12.0 Å². The van der Waals surface area contributed by atoms with Crippen LogP contribution in [0.2, 0.25) is 0 Å². The smallest absolute Gasteiger partial charge is 0.0557 e. The Morgan fingerprint density at radius 3 is 2.33 bits per heavy atom. The monoisotopic (exact) mass is 203 g/mol. The summed E-state index contributed by atoms with van der Waals surface area (Å²) in [7, 11) is 0. The lowest BCUT2D eigenvalue weighted by atomic mass is 9.95. The number of benzene rings is 1. The molecule has 0 bridgehead atoms. The van der Waals surface area contributed by atoms with Crippen molar-refractivity contribution in [1.29, 1.82) is 0 Å². The van der Waals surface area contributed by atoms with E-state index in [1.54, 1.807) is 0 Å². The van der Waals surface area contributed by atoms with Crippen LogP contribution in [0.3, 0.4) is 0 Å². The van der Waals surface area contributed by atoms with Crippen molar-refractivity contribution < 1.29 is 4.74 Å². The fourth-order valence-corrected chi connectivity index (χ4v) is 2.40. The summed E-state index contributed by atoms with van der Waals surface area (Å²) in [5.74, 6) is 0.649. The number of hydrogen-bond donors (Lipinski definition) is 1. The van der Waals surface area contributed by atoms with Crippen molar-refractivity contribution in [2.75, 3.05) is 19.8 Å². The maximum atomic E-state index is 5.21. The van der Waals surface area contributed by atoms with Gasteiger partial charge in [-0.2, -0.15) is 0 Å². The summed E-state index contributed by atoms with van der Waals surface area (Å²) in [6, 6.07) is 9.68. The maximum Gasteiger partial charge on any atom is 0.0557 e. The van der Waals surface area contributed by atoms with Gasteiger partial charge >= 0.3 is 0 Å². The fraction of sp³-hybridized carbons (Fsp3) is 0.538. The second kappa shape index (κ2) is 3.95. The minimum absolute atomic E-state index is 0.594. The van der Waals surface area contributed by atoms with Crippen LogP contribution in [0, 0.1) is 0 Å². The predicted molar refractivity (Wildman–Crippen MR) is 60.0 cm³/mol. The van der Waals surface area contributed by atoms with E-state index in [0.717, 1.165) is 13.2 Å². The second-order valence-electron chi connectivity index (χ2n) is 4.55. The van der Waals surface area contributed by atoms with Gasteiger partial charge < -0.3 is 10.1 Å². The van der Waals surface area contributed by atoms with E-state index in [-0.39, 0.29) is 0 Å². The average molecular weight is 203 g/mol. The highest BCUT2D eigenvalue weighted by Crippen LogP contribution is 2.27. The third kappa shape index (κ3) is 1.80. The molecule has 1 unspecified atom stereocenters. The molecular weight excluding hydrogens is 186 g/mol. The van der Waals surface area contributed by atoms with E-state index in [4.69, 9.17) is 4.74 Å². The normalized spacial score (nSPS) is 26.5.